The van der Waals surface area contributed by atoms with Gasteiger partial charge in [-0.2, -0.15) is 5.10 Å². The summed E-state index contributed by atoms with van der Waals surface area (Å²) in [5.74, 6) is 0.589. The number of anilines is 1. The highest BCUT2D eigenvalue weighted by Gasteiger charge is 2.26. The Kier molecular flexibility index (Phi) is 3.94. The lowest BCUT2D eigenvalue weighted by atomic mass is 10.0. The van der Waals surface area contributed by atoms with Crippen molar-refractivity contribution in [3.05, 3.63) is 10.7 Å². The third kappa shape index (κ3) is 2.58. The number of ether oxygens (including phenoxy) is 1. The van der Waals surface area contributed by atoms with Crippen LogP contribution in [0.1, 0.15) is 44.3 Å². The molecule has 2 heterocycles. The van der Waals surface area contributed by atoms with Crippen LogP contribution in [0.15, 0.2) is 0 Å². The number of aryl methyl sites for hydroxylation is 1. The zero-order valence-electron chi connectivity index (χ0n) is 10.4. The van der Waals surface area contributed by atoms with Crippen LogP contribution in [0.5, 0.6) is 0 Å². The largest absolute Gasteiger partial charge is 0.383 e. The highest BCUT2D eigenvalue weighted by molar-refractivity contribution is 6.33. The predicted molar refractivity (Wildman–Crippen MR) is 69.3 cm³/mol. The van der Waals surface area contributed by atoms with Crippen LogP contribution in [0.25, 0.3) is 0 Å². The summed E-state index contributed by atoms with van der Waals surface area (Å²) < 4.78 is 7.61. The Balaban J connectivity index is 2.13. The minimum absolute atomic E-state index is 0.325. The first-order valence-corrected chi connectivity index (χ1v) is 6.63. The molecule has 1 aromatic rings. The van der Waals surface area contributed by atoms with Gasteiger partial charge in [0.2, 0.25) is 0 Å². The van der Waals surface area contributed by atoms with Crippen molar-refractivity contribution in [2.75, 3.05) is 12.3 Å². The molecular formula is C12H20ClN3O. The molecule has 4 nitrogen and oxygen atoms in total. The van der Waals surface area contributed by atoms with E-state index in [9.17, 15) is 0 Å². The molecule has 96 valence electrons. The van der Waals surface area contributed by atoms with Crippen LogP contribution in [0.3, 0.4) is 0 Å². The second-order valence-electron chi connectivity index (χ2n) is 4.69. The Labute approximate surface area is 107 Å². The van der Waals surface area contributed by atoms with Gasteiger partial charge in [-0.1, -0.05) is 24.9 Å². The summed E-state index contributed by atoms with van der Waals surface area (Å²) in [4.78, 5) is 0. The number of hydrogen-bond donors (Lipinski definition) is 1. The molecule has 0 aliphatic carbocycles. The van der Waals surface area contributed by atoms with Gasteiger partial charge >= 0.3 is 0 Å². The van der Waals surface area contributed by atoms with E-state index in [1.807, 2.05) is 11.6 Å². The molecule has 1 fully saturated rings. The molecule has 1 saturated heterocycles. The van der Waals surface area contributed by atoms with Crippen molar-refractivity contribution in [1.82, 2.24) is 9.78 Å². The van der Waals surface area contributed by atoms with E-state index in [1.165, 1.54) is 0 Å². The Hall–Kier alpha value is -0.740. The summed E-state index contributed by atoms with van der Waals surface area (Å²) in [7, 11) is 0. The van der Waals surface area contributed by atoms with Gasteiger partial charge in [-0.25, -0.2) is 4.68 Å². The Morgan fingerprint density at radius 3 is 2.94 bits per heavy atom. The molecule has 2 N–H and O–H groups in total. The summed E-state index contributed by atoms with van der Waals surface area (Å²) in [6.45, 7) is 4.85. The normalized spacial score (nSPS) is 25.1. The topological polar surface area (TPSA) is 53.1 Å². The van der Waals surface area contributed by atoms with Crippen molar-refractivity contribution in [1.29, 1.82) is 0 Å². The third-order valence-corrected chi connectivity index (χ3v) is 3.81. The molecular weight excluding hydrogens is 238 g/mol. The maximum absolute atomic E-state index is 6.08. The molecule has 1 aliphatic heterocycles. The first-order chi connectivity index (χ1) is 8.13. The monoisotopic (exact) mass is 257 g/mol. The zero-order valence-corrected chi connectivity index (χ0v) is 11.2. The van der Waals surface area contributed by atoms with Gasteiger partial charge in [0, 0.05) is 6.61 Å². The van der Waals surface area contributed by atoms with Gasteiger partial charge < -0.3 is 10.5 Å². The SMILES string of the molecule is CCCC1CC(n2nc(C)c(Cl)c2N)CCO1. The molecule has 0 saturated carbocycles. The number of nitrogens with zero attached hydrogens (tertiary/aromatic N) is 2. The van der Waals surface area contributed by atoms with Gasteiger partial charge in [-0.15, -0.1) is 0 Å². The number of nitrogens with two attached hydrogens (primary N) is 1. The standard InChI is InChI=1S/C12H20ClN3O/c1-3-4-10-7-9(5-6-17-10)16-12(14)11(13)8(2)15-16/h9-10H,3-7,14H2,1-2H3. The van der Waals surface area contributed by atoms with E-state index in [0.717, 1.165) is 38.0 Å². The van der Waals surface area contributed by atoms with Gasteiger partial charge in [-0.3, -0.25) is 0 Å². The van der Waals surface area contributed by atoms with Crippen molar-refractivity contribution in [3.8, 4) is 0 Å². The molecule has 0 amide bonds. The molecule has 2 unspecified atom stereocenters. The van der Waals surface area contributed by atoms with Gasteiger partial charge in [0.15, 0.2) is 0 Å². The fourth-order valence-electron chi connectivity index (χ4n) is 2.43. The van der Waals surface area contributed by atoms with Crippen molar-refractivity contribution in [3.63, 3.8) is 0 Å². The quantitative estimate of drug-likeness (QED) is 0.906. The second kappa shape index (κ2) is 5.27. The molecule has 1 aliphatic rings. The molecule has 0 spiro atoms. The number of hydrogen-bond acceptors (Lipinski definition) is 3. The Morgan fingerprint density at radius 2 is 2.35 bits per heavy atom. The number of aromatic nitrogens is 2. The number of rotatable bonds is 3. The molecule has 0 radical (unpaired) electrons. The van der Waals surface area contributed by atoms with Crippen molar-refractivity contribution < 1.29 is 4.74 Å². The summed E-state index contributed by atoms with van der Waals surface area (Å²) in [5.41, 5.74) is 6.79. The minimum atomic E-state index is 0.325. The number of nitrogen functional groups attached to an aromatic ring is 1. The van der Waals surface area contributed by atoms with E-state index in [2.05, 4.69) is 12.0 Å². The molecule has 0 aromatic carbocycles. The molecule has 2 atom stereocenters. The van der Waals surface area contributed by atoms with Gasteiger partial charge in [0.1, 0.15) is 10.8 Å². The predicted octanol–water partition coefficient (Wildman–Crippen LogP) is 2.95. The Bertz CT molecular complexity index is 389. The first kappa shape index (κ1) is 12.7. The van der Waals surface area contributed by atoms with Crippen LogP contribution < -0.4 is 5.73 Å². The third-order valence-electron chi connectivity index (χ3n) is 3.34. The van der Waals surface area contributed by atoms with Crippen molar-refractivity contribution >= 4 is 17.4 Å². The van der Waals surface area contributed by atoms with E-state index < -0.39 is 0 Å². The zero-order chi connectivity index (χ0) is 12.4. The van der Waals surface area contributed by atoms with Gasteiger partial charge in [-0.05, 0) is 26.2 Å². The second-order valence-corrected chi connectivity index (χ2v) is 5.07. The lowest BCUT2D eigenvalue weighted by Crippen LogP contribution is -2.28. The van der Waals surface area contributed by atoms with E-state index in [0.29, 0.717) is 23.0 Å². The molecule has 2 rings (SSSR count). The molecule has 0 bridgehead atoms. The lowest BCUT2D eigenvalue weighted by molar-refractivity contribution is -0.0120. The summed E-state index contributed by atoms with van der Waals surface area (Å²) >= 11 is 6.08. The van der Waals surface area contributed by atoms with Crippen LogP contribution in [0.2, 0.25) is 5.02 Å². The maximum atomic E-state index is 6.08. The average molecular weight is 258 g/mol. The van der Waals surface area contributed by atoms with E-state index >= 15 is 0 Å². The molecule has 17 heavy (non-hydrogen) atoms. The van der Waals surface area contributed by atoms with Crippen LogP contribution in [0.4, 0.5) is 5.82 Å². The number of halogens is 1. The average Bonchev–Trinajstić information content (AvgIpc) is 2.58. The maximum Gasteiger partial charge on any atom is 0.141 e. The summed E-state index contributed by atoms with van der Waals surface area (Å²) in [5, 5.41) is 5.02. The highest BCUT2D eigenvalue weighted by Crippen LogP contribution is 2.32. The fraction of sp³-hybridized carbons (Fsp3) is 0.750. The van der Waals surface area contributed by atoms with Crippen LogP contribution in [0, 0.1) is 6.92 Å². The Morgan fingerprint density at radius 1 is 1.59 bits per heavy atom. The molecule has 1 aromatic heterocycles. The van der Waals surface area contributed by atoms with E-state index in [4.69, 9.17) is 22.1 Å². The fourth-order valence-corrected chi connectivity index (χ4v) is 2.55. The van der Waals surface area contributed by atoms with Crippen molar-refractivity contribution in [2.45, 2.75) is 51.7 Å². The van der Waals surface area contributed by atoms with Gasteiger partial charge in [0.05, 0.1) is 17.8 Å². The van der Waals surface area contributed by atoms with E-state index in [-0.39, 0.29) is 0 Å². The van der Waals surface area contributed by atoms with Crippen LogP contribution in [-0.4, -0.2) is 22.5 Å². The van der Waals surface area contributed by atoms with Gasteiger partial charge in [0.25, 0.3) is 0 Å². The first-order valence-electron chi connectivity index (χ1n) is 6.25. The van der Waals surface area contributed by atoms with Crippen LogP contribution in [-0.2, 0) is 4.74 Å². The smallest absolute Gasteiger partial charge is 0.141 e. The molecule has 5 heteroatoms. The van der Waals surface area contributed by atoms with E-state index in [1.54, 1.807) is 0 Å². The summed E-state index contributed by atoms with van der Waals surface area (Å²) in [6, 6.07) is 0.325. The van der Waals surface area contributed by atoms with Crippen LogP contribution >= 0.6 is 11.6 Å². The summed E-state index contributed by atoms with van der Waals surface area (Å²) in [6.07, 6.45) is 4.52. The minimum Gasteiger partial charge on any atom is -0.383 e. The highest BCUT2D eigenvalue weighted by atomic mass is 35.5. The lowest BCUT2D eigenvalue weighted by Gasteiger charge is -2.30. The van der Waals surface area contributed by atoms with Crippen molar-refractivity contribution in [2.24, 2.45) is 0 Å².